The quantitative estimate of drug-likeness (QED) is 0.651. The highest BCUT2D eigenvalue weighted by Crippen LogP contribution is 2.16. The minimum Gasteiger partial charge on any atom is -0.478 e. The zero-order chi connectivity index (χ0) is 18.5. The highest BCUT2D eigenvalue weighted by molar-refractivity contribution is 6.03. The predicted molar refractivity (Wildman–Crippen MR) is 93.1 cm³/mol. The molecule has 0 atom stereocenters. The van der Waals surface area contributed by atoms with Crippen LogP contribution in [0.25, 0.3) is 0 Å². The maximum Gasteiger partial charge on any atom is 0.335 e. The summed E-state index contributed by atoms with van der Waals surface area (Å²) in [6.07, 6.45) is 1.23. The van der Waals surface area contributed by atoms with Crippen molar-refractivity contribution >= 4 is 29.1 Å². The molecule has 26 heavy (non-hydrogen) atoms. The van der Waals surface area contributed by atoms with Gasteiger partial charge in [0.05, 0.1) is 5.56 Å². The molecule has 0 bridgehead atoms. The van der Waals surface area contributed by atoms with E-state index in [1.165, 1.54) is 48.8 Å². The Labute approximate surface area is 147 Å². The van der Waals surface area contributed by atoms with E-state index in [9.17, 15) is 14.0 Å². The fourth-order valence-corrected chi connectivity index (χ4v) is 2.12. The summed E-state index contributed by atoms with van der Waals surface area (Å²) in [6.45, 7) is 0. The first kappa shape index (κ1) is 17.0. The van der Waals surface area contributed by atoms with Gasteiger partial charge in [-0.1, -0.05) is 0 Å². The number of benzene rings is 2. The molecule has 0 saturated carbocycles. The fraction of sp³-hybridized carbons (Fsp3) is 0. The van der Waals surface area contributed by atoms with Crippen molar-refractivity contribution in [2.24, 2.45) is 0 Å². The monoisotopic (exact) mass is 352 g/mol. The molecule has 0 saturated heterocycles. The second-order valence-electron chi connectivity index (χ2n) is 5.26. The summed E-state index contributed by atoms with van der Waals surface area (Å²) in [7, 11) is 0. The zero-order valence-corrected chi connectivity index (χ0v) is 13.3. The molecule has 3 aromatic rings. The van der Waals surface area contributed by atoms with Gasteiger partial charge in [0.2, 0.25) is 0 Å². The van der Waals surface area contributed by atoms with Crippen LogP contribution < -0.4 is 10.6 Å². The number of hydrogen-bond acceptors (Lipinski definition) is 5. The van der Waals surface area contributed by atoms with E-state index in [-0.39, 0.29) is 11.3 Å². The fourth-order valence-electron chi connectivity index (χ4n) is 2.12. The molecule has 2 aromatic carbocycles. The van der Waals surface area contributed by atoms with Crippen molar-refractivity contribution < 1.29 is 19.1 Å². The van der Waals surface area contributed by atoms with Crippen LogP contribution in [-0.4, -0.2) is 27.0 Å². The average molecular weight is 352 g/mol. The first-order valence-electron chi connectivity index (χ1n) is 7.50. The first-order valence-corrected chi connectivity index (χ1v) is 7.50. The molecule has 130 valence electrons. The molecule has 1 aromatic heterocycles. The standard InChI is InChI=1S/C18H13FN4O3/c19-12-3-7-14(8-4-12)23-17(24)15-9-16(21-10-20-15)22-13-5-1-11(2-6-13)18(25)26/h1-10H,(H,23,24)(H,25,26)(H,20,21,22). The number of aromatic nitrogens is 2. The van der Waals surface area contributed by atoms with E-state index in [1.807, 2.05) is 0 Å². The summed E-state index contributed by atoms with van der Waals surface area (Å²) in [5, 5.41) is 14.5. The van der Waals surface area contributed by atoms with Crippen LogP contribution in [-0.2, 0) is 0 Å². The van der Waals surface area contributed by atoms with E-state index in [0.29, 0.717) is 17.2 Å². The number of aromatic carboxylic acids is 1. The number of anilines is 3. The summed E-state index contributed by atoms with van der Waals surface area (Å²) in [5.41, 5.74) is 1.33. The summed E-state index contributed by atoms with van der Waals surface area (Å²) in [4.78, 5) is 31.0. The Hall–Kier alpha value is -3.81. The van der Waals surface area contributed by atoms with Gasteiger partial charge >= 0.3 is 5.97 Å². The Kier molecular flexibility index (Phi) is 4.84. The maximum absolute atomic E-state index is 12.9. The van der Waals surface area contributed by atoms with Crippen LogP contribution in [0.5, 0.6) is 0 Å². The summed E-state index contributed by atoms with van der Waals surface area (Å²) in [6, 6.07) is 12.9. The molecule has 0 aliphatic rings. The highest BCUT2D eigenvalue weighted by Gasteiger charge is 2.10. The lowest BCUT2D eigenvalue weighted by Crippen LogP contribution is -2.14. The SMILES string of the molecule is O=C(O)c1ccc(Nc2cc(C(=O)Nc3ccc(F)cc3)ncn2)cc1. The molecule has 8 heteroatoms. The Morgan fingerprint density at radius 1 is 0.923 bits per heavy atom. The van der Waals surface area contributed by atoms with Gasteiger partial charge in [-0.3, -0.25) is 4.79 Å². The molecular formula is C18H13FN4O3. The lowest BCUT2D eigenvalue weighted by Gasteiger charge is -2.08. The smallest absolute Gasteiger partial charge is 0.335 e. The molecule has 0 fully saturated rings. The third-order valence-corrected chi connectivity index (χ3v) is 3.41. The maximum atomic E-state index is 12.9. The molecule has 0 aliphatic carbocycles. The minimum absolute atomic E-state index is 0.119. The van der Waals surface area contributed by atoms with Crippen LogP contribution in [0.3, 0.4) is 0 Å². The Balaban J connectivity index is 1.72. The van der Waals surface area contributed by atoms with Crippen LogP contribution in [0.2, 0.25) is 0 Å². The second kappa shape index (κ2) is 7.39. The van der Waals surface area contributed by atoms with Crippen molar-refractivity contribution in [1.82, 2.24) is 9.97 Å². The largest absolute Gasteiger partial charge is 0.478 e. The van der Waals surface area contributed by atoms with Crippen LogP contribution in [0.15, 0.2) is 60.9 Å². The average Bonchev–Trinajstić information content (AvgIpc) is 2.64. The lowest BCUT2D eigenvalue weighted by molar-refractivity contribution is 0.0696. The van der Waals surface area contributed by atoms with Crippen LogP contribution in [0.4, 0.5) is 21.6 Å². The highest BCUT2D eigenvalue weighted by atomic mass is 19.1. The third-order valence-electron chi connectivity index (χ3n) is 3.41. The summed E-state index contributed by atoms with van der Waals surface area (Å²) >= 11 is 0. The molecule has 1 heterocycles. The van der Waals surface area contributed by atoms with E-state index >= 15 is 0 Å². The predicted octanol–water partition coefficient (Wildman–Crippen LogP) is 3.31. The number of carbonyl (C=O) groups excluding carboxylic acids is 1. The number of rotatable bonds is 5. The molecule has 3 rings (SSSR count). The van der Waals surface area contributed by atoms with E-state index in [0.717, 1.165) is 0 Å². The number of carboxylic acids is 1. The molecule has 1 amide bonds. The number of halogens is 1. The zero-order valence-electron chi connectivity index (χ0n) is 13.3. The van der Waals surface area contributed by atoms with Crippen molar-refractivity contribution in [3.8, 4) is 0 Å². The van der Waals surface area contributed by atoms with Gasteiger partial charge in [-0.15, -0.1) is 0 Å². The third kappa shape index (κ3) is 4.18. The second-order valence-corrected chi connectivity index (χ2v) is 5.26. The van der Waals surface area contributed by atoms with Crippen molar-refractivity contribution in [3.63, 3.8) is 0 Å². The van der Waals surface area contributed by atoms with Crippen molar-refractivity contribution in [3.05, 3.63) is 78.0 Å². The first-order chi connectivity index (χ1) is 12.5. The number of hydrogen-bond donors (Lipinski definition) is 3. The number of amides is 1. The number of nitrogens with one attached hydrogen (secondary N) is 2. The van der Waals surface area contributed by atoms with Gasteiger partial charge in [-0.2, -0.15) is 0 Å². The van der Waals surface area contributed by atoms with E-state index in [4.69, 9.17) is 5.11 Å². The number of nitrogens with zero attached hydrogens (tertiary/aromatic N) is 2. The molecule has 0 aliphatic heterocycles. The van der Waals surface area contributed by atoms with Crippen LogP contribution >= 0.6 is 0 Å². The van der Waals surface area contributed by atoms with Gasteiger partial charge in [-0.25, -0.2) is 19.2 Å². The van der Waals surface area contributed by atoms with Gasteiger partial charge in [-0.05, 0) is 48.5 Å². The van der Waals surface area contributed by atoms with Gasteiger partial charge in [0.15, 0.2) is 0 Å². The topological polar surface area (TPSA) is 104 Å². The van der Waals surface area contributed by atoms with Gasteiger partial charge in [0, 0.05) is 17.4 Å². The Morgan fingerprint density at radius 2 is 1.58 bits per heavy atom. The summed E-state index contributed by atoms with van der Waals surface area (Å²) in [5.74, 6) is -1.51. The Morgan fingerprint density at radius 3 is 2.23 bits per heavy atom. The molecule has 7 nitrogen and oxygen atoms in total. The van der Waals surface area contributed by atoms with Crippen LogP contribution in [0, 0.1) is 5.82 Å². The van der Waals surface area contributed by atoms with Crippen molar-refractivity contribution in [1.29, 1.82) is 0 Å². The van der Waals surface area contributed by atoms with Gasteiger partial charge in [0.25, 0.3) is 5.91 Å². The van der Waals surface area contributed by atoms with Crippen molar-refractivity contribution in [2.75, 3.05) is 10.6 Å². The summed E-state index contributed by atoms with van der Waals surface area (Å²) < 4.78 is 12.9. The van der Waals surface area contributed by atoms with Gasteiger partial charge in [0.1, 0.15) is 23.7 Å². The van der Waals surface area contributed by atoms with Crippen molar-refractivity contribution in [2.45, 2.75) is 0 Å². The molecular weight excluding hydrogens is 339 g/mol. The normalized spacial score (nSPS) is 10.2. The molecule has 0 spiro atoms. The molecule has 0 unspecified atom stereocenters. The molecule has 3 N–H and O–H groups in total. The number of carbonyl (C=O) groups is 2. The molecule has 0 radical (unpaired) electrons. The van der Waals surface area contributed by atoms with Gasteiger partial charge < -0.3 is 15.7 Å². The number of carboxylic acid groups (broad SMARTS) is 1. The Bertz CT molecular complexity index is 943. The van der Waals surface area contributed by atoms with E-state index in [1.54, 1.807) is 12.1 Å². The minimum atomic E-state index is -1.02. The van der Waals surface area contributed by atoms with E-state index < -0.39 is 17.7 Å². The lowest BCUT2D eigenvalue weighted by atomic mass is 10.2. The van der Waals surface area contributed by atoms with Crippen LogP contribution in [0.1, 0.15) is 20.8 Å². The van der Waals surface area contributed by atoms with E-state index in [2.05, 4.69) is 20.6 Å².